The molecule has 0 aromatic carbocycles. The summed E-state index contributed by atoms with van der Waals surface area (Å²) in [5, 5.41) is 0.767. The molecule has 0 aromatic heterocycles. The lowest BCUT2D eigenvalue weighted by atomic mass is 10.1. The lowest BCUT2D eigenvalue weighted by Gasteiger charge is -2.22. The van der Waals surface area contributed by atoms with Crippen molar-refractivity contribution in [1.29, 1.82) is 0 Å². The van der Waals surface area contributed by atoms with Gasteiger partial charge in [-0.3, -0.25) is 4.79 Å². The van der Waals surface area contributed by atoms with E-state index in [-0.39, 0.29) is 24.3 Å². The molecule has 1 aliphatic rings. The van der Waals surface area contributed by atoms with Gasteiger partial charge in [0, 0.05) is 5.33 Å². The van der Waals surface area contributed by atoms with E-state index in [1.807, 2.05) is 20.8 Å². The molecule has 1 fully saturated rings. The second kappa shape index (κ2) is 4.37. The Hall–Kier alpha value is 0.200. The van der Waals surface area contributed by atoms with E-state index in [9.17, 15) is 4.79 Å². The second-order valence-electron chi connectivity index (χ2n) is 4.60. The Balaban J connectivity index is 0.00000169. The number of hydrogen-bond donors (Lipinski definition) is 1. The smallest absolute Gasteiger partial charge is 0.326 e. The molecule has 1 aliphatic carbocycles. The Morgan fingerprint density at radius 1 is 1.64 bits per heavy atom. The Kier molecular flexibility index (Phi) is 4.43. The van der Waals surface area contributed by atoms with Gasteiger partial charge in [-0.2, -0.15) is 0 Å². The molecule has 1 rings (SSSR count). The molecule has 0 amide bonds. The third kappa shape index (κ3) is 3.11. The van der Waals surface area contributed by atoms with Crippen molar-refractivity contribution in [1.82, 2.24) is 0 Å². The fourth-order valence-electron chi connectivity index (χ4n) is 1.16. The molecule has 84 valence electrons. The zero-order valence-corrected chi connectivity index (χ0v) is 11.1. The van der Waals surface area contributed by atoms with Crippen LogP contribution >= 0.6 is 28.3 Å². The first kappa shape index (κ1) is 14.2. The van der Waals surface area contributed by atoms with Crippen LogP contribution in [0.3, 0.4) is 0 Å². The van der Waals surface area contributed by atoms with Crippen LogP contribution in [-0.2, 0) is 9.53 Å². The van der Waals surface area contributed by atoms with Crippen molar-refractivity contribution < 1.29 is 9.53 Å². The van der Waals surface area contributed by atoms with E-state index < -0.39 is 11.1 Å². The van der Waals surface area contributed by atoms with E-state index in [4.69, 9.17) is 10.5 Å². The first-order chi connectivity index (χ1) is 5.79. The van der Waals surface area contributed by atoms with Crippen LogP contribution in [0.2, 0.25) is 0 Å². The third-order valence-electron chi connectivity index (χ3n) is 2.12. The number of ether oxygens (including phenoxy) is 1. The maximum atomic E-state index is 11.5. The van der Waals surface area contributed by atoms with E-state index in [0.29, 0.717) is 0 Å². The molecule has 0 heterocycles. The number of alkyl halides is 1. The van der Waals surface area contributed by atoms with Gasteiger partial charge in [-0.15, -0.1) is 12.4 Å². The van der Waals surface area contributed by atoms with Crippen LogP contribution in [0, 0.1) is 5.92 Å². The zero-order valence-electron chi connectivity index (χ0n) is 8.67. The number of halogens is 2. The van der Waals surface area contributed by atoms with Crippen LogP contribution in [0.4, 0.5) is 0 Å². The van der Waals surface area contributed by atoms with Crippen molar-refractivity contribution in [2.75, 3.05) is 5.33 Å². The maximum absolute atomic E-state index is 11.5. The number of carbonyl (C=O) groups is 1. The minimum atomic E-state index is -0.725. The van der Waals surface area contributed by atoms with Crippen LogP contribution in [0.5, 0.6) is 0 Å². The van der Waals surface area contributed by atoms with Crippen molar-refractivity contribution in [3.63, 3.8) is 0 Å². The van der Waals surface area contributed by atoms with Gasteiger partial charge in [0.05, 0.1) is 0 Å². The van der Waals surface area contributed by atoms with Gasteiger partial charge >= 0.3 is 5.97 Å². The van der Waals surface area contributed by atoms with E-state index in [0.717, 1.165) is 11.8 Å². The molecule has 0 bridgehead atoms. The summed E-state index contributed by atoms with van der Waals surface area (Å²) in [6.07, 6.45) is 0.729. The fraction of sp³-hybridized carbons (Fsp3) is 0.889. The molecule has 14 heavy (non-hydrogen) atoms. The SMILES string of the molecule is CC(C)(C)OC(=O)[C@]1(N)C[C@H]1CBr.Cl. The van der Waals surface area contributed by atoms with E-state index in [1.54, 1.807) is 0 Å². The summed E-state index contributed by atoms with van der Waals surface area (Å²) in [6, 6.07) is 0. The van der Waals surface area contributed by atoms with Gasteiger partial charge in [-0.25, -0.2) is 0 Å². The molecule has 5 heteroatoms. The molecule has 0 radical (unpaired) electrons. The predicted octanol–water partition coefficient (Wildman–Crippen LogP) is 1.86. The number of nitrogens with two attached hydrogens (primary N) is 1. The second-order valence-corrected chi connectivity index (χ2v) is 5.25. The van der Waals surface area contributed by atoms with Crippen molar-refractivity contribution in [3.8, 4) is 0 Å². The molecule has 0 aromatic rings. The van der Waals surface area contributed by atoms with Crippen LogP contribution in [0.1, 0.15) is 27.2 Å². The average molecular weight is 287 g/mol. The molecular formula is C9H17BrClNO2. The number of hydrogen-bond acceptors (Lipinski definition) is 3. The Labute approximate surface area is 99.3 Å². The highest BCUT2D eigenvalue weighted by Crippen LogP contribution is 2.43. The van der Waals surface area contributed by atoms with E-state index in [2.05, 4.69) is 15.9 Å². The minimum absolute atomic E-state index is 0. The van der Waals surface area contributed by atoms with Crippen LogP contribution in [-0.4, -0.2) is 22.4 Å². The average Bonchev–Trinajstić information content (AvgIpc) is 2.60. The van der Waals surface area contributed by atoms with Gasteiger partial charge in [0.2, 0.25) is 0 Å². The monoisotopic (exact) mass is 285 g/mol. The molecule has 0 saturated heterocycles. The van der Waals surface area contributed by atoms with Gasteiger partial charge < -0.3 is 10.5 Å². The quantitative estimate of drug-likeness (QED) is 0.623. The van der Waals surface area contributed by atoms with Crippen LogP contribution < -0.4 is 5.73 Å². The Morgan fingerprint density at radius 2 is 2.14 bits per heavy atom. The summed E-state index contributed by atoms with van der Waals surface area (Å²) in [5.74, 6) is -0.0354. The lowest BCUT2D eigenvalue weighted by molar-refractivity contribution is -0.158. The summed E-state index contributed by atoms with van der Waals surface area (Å²) < 4.78 is 5.21. The molecule has 0 unspecified atom stereocenters. The van der Waals surface area contributed by atoms with Crippen molar-refractivity contribution >= 4 is 34.3 Å². The van der Waals surface area contributed by atoms with Crippen LogP contribution in [0.15, 0.2) is 0 Å². The highest BCUT2D eigenvalue weighted by molar-refractivity contribution is 9.09. The highest BCUT2D eigenvalue weighted by atomic mass is 79.9. The van der Waals surface area contributed by atoms with Crippen molar-refractivity contribution in [3.05, 3.63) is 0 Å². The first-order valence-corrected chi connectivity index (χ1v) is 5.50. The van der Waals surface area contributed by atoms with Gasteiger partial charge in [-0.1, -0.05) is 15.9 Å². The Morgan fingerprint density at radius 3 is 2.43 bits per heavy atom. The predicted molar refractivity (Wildman–Crippen MR) is 61.9 cm³/mol. The molecule has 0 aliphatic heterocycles. The van der Waals surface area contributed by atoms with E-state index in [1.165, 1.54) is 0 Å². The summed E-state index contributed by atoms with van der Waals surface area (Å²) in [5.41, 5.74) is 4.68. The van der Waals surface area contributed by atoms with Gasteiger partial charge in [0.25, 0.3) is 0 Å². The van der Waals surface area contributed by atoms with Crippen LogP contribution in [0.25, 0.3) is 0 Å². The molecule has 2 N–H and O–H groups in total. The molecule has 2 atom stereocenters. The number of carbonyl (C=O) groups excluding carboxylic acids is 1. The van der Waals surface area contributed by atoms with Gasteiger partial charge in [0.1, 0.15) is 11.1 Å². The van der Waals surface area contributed by atoms with Gasteiger partial charge in [-0.05, 0) is 33.1 Å². The van der Waals surface area contributed by atoms with Gasteiger partial charge in [0.15, 0.2) is 0 Å². The fourth-order valence-corrected chi connectivity index (χ4v) is 1.97. The molecular weight excluding hydrogens is 269 g/mol. The lowest BCUT2D eigenvalue weighted by Crippen LogP contribution is -2.41. The summed E-state index contributed by atoms with van der Waals surface area (Å²) >= 11 is 3.31. The largest absolute Gasteiger partial charge is 0.459 e. The summed E-state index contributed by atoms with van der Waals surface area (Å²) in [6.45, 7) is 5.54. The maximum Gasteiger partial charge on any atom is 0.326 e. The number of rotatable bonds is 2. The topological polar surface area (TPSA) is 52.3 Å². The van der Waals surface area contributed by atoms with Crippen molar-refractivity contribution in [2.45, 2.75) is 38.3 Å². The normalized spacial score (nSPS) is 30.5. The molecule has 3 nitrogen and oxygen atoms in total. The summed E-state index contributed by atoms with van der Waals surface area (Å²) in [4.78, 5) is 11.5. The Bertz CT molecular complexity index is 229. The minimum Gasteiger partial charge on any atom is -0.459 e. The van der Waals surface area contributed by atoms with Crippen molar-refractivity contribution in [2.24, 2.45) is 11.7 Å². The standard InChI is InChI=1S/C9H16BrNO2.ClH/c1-8(2,3)13-7(12)9(11)4-6(9)5-10;/h6H,4-5,11H2,1-3H3;1H/t6-,9-;/m0./s1. The zero-order chi connectivity index (χ0) is 10.3. The van der Waals surface area contributed by atoms with E-state index >= 15 is 0 Å². The highest BCUT2D eigenvalue weighted by Gasteiger charge is 2.58. The molecule has 1 saturated carbocycles. The molecule has 0 spiro atoms. The first-order valence-electron chi connectivity index (χ1n) is 4.38. The number of esters is 1. The summed E-state index contributed by atoms with van der Waals surface area (Å²) in [7, 11) is 0. The third-order valence-corrected chi connectivity index (χ3v) is 2.90.